The molecule has 2 aromatic heterocycles. The van der Waals surface area contributed by atoms with Crippen LogP contribution in [0.3, 0.4) is 0 Å². The van der Waals surface area contributed by atoms with Crippen LogP contribution in [-0.2, 0) is 12.0 Å². The number of furan rings is 1. The minimum atomic E-state index is -0.490. The van der Waals surface area contributed by atoms with Crippen LogP contribution in [0.1, 0.15) is 27.8 Å². The van der Waals surface area contributed by atoms with E-state index in [0.717, 1.165) is 89.0 Å². The van der Waals surface area contributed by atoms with Crippen molar-refractivity contribution < 1.29 is 18.7 Å². The van der Waals surface area contributed by atoms with Crippen molar-refractivity contribution in [2.45, 2.75) is 12.0 Å². The Labute approximate surface area is 321 Å². The number of rotatable bonds is 4. The molecule has 3 heterocycles. The molecule has 0 unspecified atom stereocenters. The summed E-state index contributed by atoms with van der Waals surface area (Å²) in [5.41, 5.74) is 15.7. The summed E-state index contributed by atoms with van der Waals surface area (Å²) in [6, 6.07) is 59.2. The van der Waals surface area contributed by atoms with Gasteiger partial charge in [-0.2, -0.15) is 0 Å². The first-order valence-corrected chi connectivity index (χ1v) is 18.8. The predicted octanol–water partition coefficient (Wildman–Crippen LogP) is 12.7. The number of benzene rings is 8. The van der Waals surface area contributed by atoms with Crippen LogP contribution < -0.4 is 4.74 Å². The van der Waals surface area contributed by atoms with Crippen LogP contribution in [0.4, 0.5) is 0 Å². The molecule has 0 amide bonds. The summed E-state index contributed by atoms with van der Waals surface area (Å²) < 4.78 is 19.2. The number of oxazole rings is 1. The van der Waals surface area contributed by atoms with Crippen molar-refractivity contribution in [2.75, 3.05) is 0 Å². The quantitative estimate of drug-likeness (QED) is 0.196. The average molecular weight is 722 g/mol. The van der Waals surface area contributed by atoms with Gasteiger partial charge in [0, 0.05) is 27.5 Å². The molecule has 1 N–H and O–H groups in total. The van der Waals surface area contributed by atoms with E-state index in [9.17, 15) is 5.11 Å². The Morgan fingerprint density at radius 1 is 0.446 bits per heavy atom. The second-order valence-electron chi connectivity index (χ2n) is 14.7. The van der Waals surface area contributed by atoms with Crippen LogP contribution in [0.15, 0.2) is 179 Å². The first-order chi connectivity index (χ1) is 27.7. The maximum absolute atomic E-state index is 10.2. The number of nitrogens with zero attached hydrogens (tertiary/aromatic N) is 1. The standard InChI is InChI=1S/C51H31NO4/c53-29-30-23-34(25-35(24-30)50-52-44-13-5-8-16-47(44)56-50)33-18-21-38-37-20-17-32(27-48(37)55-49(38)28-33)31-19-22-41-39(26-31)36-9-1-2-10-40(36)51(41)42-11-3-6-14-45(42)54-46-15-7-4-12-43(46)51/h1-28,53H,29H2. The third-order valence-electron chi connectivity index (χ3n) is 11.7. The highest BCUT2D eigenvalue weighted by molar-refractivity contribution is 6.07. The summed E-state index contributed by atoms with van der Waals surface area (Å²) in [6.45, 7) is -0.0962. The minimum Gasteiger partial charge on any atom is -0.457 e. The molecule has 10 aromatic rings. The van der Waals surface area contributed by atoms with Gasteiger partial charge < -0.3 is 18.7 Å². The van der Waals surface area contributed by atoms with Crippen molar-refractivity contribution >= 4 is 33.0 Å². The van der Waals surface area contributed by atoms with E-state index < -0.39 is 5.41 Å². The highest BCUT2D eigenvalue weighted by atomic mass is 16.5. The fourth-order valence-corrected chi connectivity index (χ4v) is 9.24. The Morgan fingerprint density at radius 3 is 1.77 bits per heavy atom. The molecule has 1 spiro atoms. The van der Waals surface area contributed by atoms with E-state index in [-0.39, 0.29) is 6.61 Å². The van der Waals surface area contributed by atoms with E-state index in [2.05, 4.69) is 121 Å². The zero-order chi connectivity index (χ0) is 37.0. The fourth-order valence-electron chi connectivity index (χ4n) is 9.24. The molecular weight excluding hydrogens is 691 g/mol. The molecule has 56 heavy (non-hydrogen) atoms. The van der Waals surface area contributed by atoms with Gasteiger partial charge in [0.25, 0.3) is 0 Å². The second-order valence-corrected chi connectivity index (χ2v) is 14.7. The lowest BCUT2D eigenvalue weighted by molar-refractivity contribution is 0.282. The van der Waals surface area contributed by atoms with Crippen molar-refractivity contribution in [3.8, 4) is 56.3 Å². The van der Waals surface area contributed by atoms with Gasteiger partial charge in [0.05, 0.1) is 12.0 Å². The van der Waals surface area contributed by atoms with E-state index in [1.165, 1.54) is 22.3 Å². The molecule has 1 aliphatic heterocycles. The number of aliphatic hydroxyl groups excluding tert-OH is 1. The normalized spacial score (nSPS) is 13.4. The molecule has 5 nitrogen and oxygen atoms in total. The Kier molecular flexibility index (Phi) is 6.48. The van der Waals surface area contributed by atoms with Crippen molar-refractivity contribution in [1.29, 1.82) is 0 Å². The van der Waals surface area contributed by atoms with Gasteiger partial charge in [-0.25, -0.2) is 4.98 Å². The molecular formula is C51H31NO4. The molecule has 0 bridgehead atoms. The summed E-state index contributed by atoms with van der Waals surface area (Å²) in [7, 11) is 0. The van der Waals surface area contributed by atoms with Crippen LogP contribution in [0.25, 0.3) is 77.9 Å². The minimum absolute atomic E-state index is 0.0962. The van der Waals surface area contributed by atoms with Crippen LogP contribution in [0.5, 0.6) is 11.5 Å². The Hall–Kier alpha value is -7.21. The SMILES string of the molecule is OCc1cc(-c2ccc3c(c2)oc2cc(-c4ccc5c(c4)-c4ccccc4C54c5ccccc5Oc5ccccc54)ccc23)cc(-c2nc3ccccc3o2)c1. The van der Waals surface area contributed by atoms with Crippen LogP contribution in [0.2, 0.25) is 0 Å². The summed E-state index contributed by atoms with van der Waals surface area (Å²) in [6.07, 6.45) is 0. The number of aromatic nitrogens is 1. The highest BCUT2D eigenvalue weighted by Crippen LogP contribution is 2.62. The van der Waals surface area contributed by atoms with Crippen molar-refractivity contribution in [2.24, 2.45) is 0 Å². The zero-order valence-electron chi connectivity index (χ0n) is 30.0. The van der Waals surface area contributed by atoms with Crippen molar-refractivity contribution in [1.82, 2.24) is 4.98 Å². The second kappa shape index (κ2) is 11.6. The molecule has 12 rings (SSSR count). The van der Waals surface area contributed by atoms with E-state index in [0.29, 0.717) is 5.89 Å². The third kappa shape index (κ3) is 4.37. The monoisotopic (exact) mass is 721 g/mol. The van der Waals surface area contributed by atoms with Gasteiger partial charge in [-0.1, -0.05) is 97.1 Å². The van der Waals surface area contributed by atoms with Gasteiger partial charge in [0.2, 0.25) is 5.89 Å². The number of para-hydroxylation sites is 4. The van der Waals surface area contributed by atoms with Gasteiger partial charge in [0.1, 0.15) is 28.2 Å². The molecule has 0 fully saturated rings. The summed E-state index contributed by atoms with van der Waals surface area (Å²) in [4.78, 5) is 4.70. The van der Waals surface area contributed by atoms with Crippen LogP contribution in [0, 0.1) is 0 Å². The van der Waals surface area contributed by atoms with Gasteiger partial charge in [-0.3, -0.25) is 0 Å². The van der Waals surface area contributed by atoms with Gasteiger partial charge in [0.15, 0.2) is 5.58 Å². The van der Waals surface area contributed by atoms with E-state index in [1.807, 2.05) is 48.5 Å². The molecule has 0 saturated heterocycles. The lowest BCUT2D eigenvalue weighted by Crippen LogP contribution is -2.32. The first-order valence-electron chi connectivity index (χ1n) is 18.8. The molecule has 5 heteroatoms. The maximum atomic E-state index is 10.2. The van der Waals surface area contributed by atoms with Gasteiger partial charge >= 0.3 is 0 Å². The summed E-state index contributed by atoms with van der Waals surface area (Å²) in [5, 5.41) is 12.3. The van der Waals surface area contributed by atoms with E-state index in [1.54, 1.807) is 0 Å². The molecule has 2 aliphatic rings. The fraction of sp³-hybridized carbons (Fsp3) is 0.0392. The lowest BCUT2D eigenvalue weighted by atomic mass is 9.66. The van der Waals surface area contributed by atoms with Crippen LogP contribution in [-0.4, -0.2) is 10.1 Å². The smallest absolute Gasteiger partial charge is 0.227 e. The van der Waals surface area contributed by atoms with E-state index >= 15 is 0 Å². The molecule has 8 aromatic carbocycles. The highest BCUT2D eigenvalue weighted by Gasteiger charge is 2.50. The number of aliphatic hydroxyl groups is 1. The molecule has 0 atom stereocenters. The van der Waals surface area contributed by atoms with E-state index in [4.69, 9.17) is 18.6 Å². The summed E-state index contributed by atoms with van der Waals surface area (Å²) in [5.74, 6) is 2.30. The molecule has 0 saturated carbocycles. The number of ether oxygens (including phenoxy) is 1. The van der Waals surface area contributed by atoms with Crippen molar-refractivity contribution in [3.05, 3.63) is 198 Å². The Balaban J connectivity index is 0.960. The topological polar surface area (TPSA) is 68.6 Å². The first kappa shape index (κ1) is 31.2. The molecule has 0 radical (unpaired) electrons. The number of fused-ring (bicyclic) bond motifs is 13. The largest absolute Gasteiger partial charge is 0.457 e. The zero-order valence-corrected chi connectivity index (χ0v) is 30.0. The predicted molar refractivity (Wildman–Crippen MR) is 221 cm³/mol. The summed E-state index contributed by atoms with van der Waals surface area (Å²) >= 11 is 0. The lowest BCUT2D eigenvalue weighted by Gasteiger charge is -2.39. The average Bonchev–Trinajstić information content (AvgIpc) is 3.94. The van der Waals surface area contributed by atoms with Gasteiger partial charge in [-0.05, 0) is 123 Å². The number of hydrogen-bond acceptors (Lipinski definition) is 5. The Bertz CT molecular complexity index is 3160. The molecule has 1 aliphatic carbocycles. The maximum Gasteiger partial charge on any atom is 0.227 e. The van der Waals surface area contributed by atoms with Gasteiger partial charge in [-0.15, -0.1) is 0 Å². The molecule has 264 valence electrons. The van der Waals surface area contributed by atoms with Crippen LogP contribution >= 0.6 is 0 Å². The van der Waals surface area contributed by atoms with Crippen molar-refractivity contribution in [3.63, 3.8) is 0 Å². The third-order valence-corrected chi connectivity index (χ3v) is 11.7. The Morgan fingerprint density at radius 2 is 1.04 bits per heavy atom. The number of hydrogen-bond donors (Lipinski definition) is 1.